The molecule has 4 atom stereocenters. The Balaban J connectivity index is 0.00000256. The van der Waals surface area contributed by atoms with Crippen LogP contribution >= 0.6 is 0 Å². The van der Waals surface area contributed by atoms with Gasteiger partial charge in [-0.25, -0.2) is 8.42 Å². The third kappa shape index (κ3) is 4.50. The molecule has 30 heavy (non-hydrogen) atoms. The zero-order valence-corrected chi connectivity index (χ0v) is 22.8. The van der Waals surface area contributed by atoms with E-state index in [1.54, 1.807) is 26.8 Å². The van der Waals surface area contributed by atoms with E-state index in [9.17, 15) is 17.8 Å². The minimum atomic E-state index is -4.68. The standard InChI is InChI=1S/C23H33NO4S.K/c1-22(2,3)21(25)24-19-13-17-14(12-20(19)29(26,27)28)7-8-16-15(17)9-11-23(4)10-5-6-18(16)23;/h12-13,15-16,18H,5-11H2,1-4H3,(H,24,25)(H,26,27,28);/q;+1/p-1/t15?,16?,18?,23-;/m0./s1. The second kappa shape index (κ2) is 8.54. The largest absolute Gasteiger partial charge is 1.00 e. The maximum atomic E-state index is 12.5. The van der Waals surface area contributed by atoms with Crippen molar-refractivity contribution in [3.63, 3.8) is 0 Å². The number of carbonyl (C=O) groups excluding carboxylic acids is 1. The number of hydrogen-bond donors (Lipinski definition) is 1. The van der Waals surface area contributed by atoms with Crippen molar-refractivity contribution in [3.8, 4) is 0 Å². The van der Waals surface area contributed by atoms with Crippen molar-refractivity contribution < 1.29 is 69.1 Å². The summed E-state index contributed by atoms with van der Waals surface area (Å²) in [6, 6.07) is 3.34. The zero-order valence-electron chi connectivity index (χ0n) is 18.9. The molecule has 0 heterocycles. The molecular weight excluding hydrogens is 425 g/mol. The van der Waals surface area contributed by atoms with Gasteiger partial charge in [0.05, 0.1) is 10.6 Å². The minimum absolute atomic E-state index is 0. The molecule has 0 radical (unpaired) electrons. The third-order valence-corrected chi connectivity index (χ3v) is 8.68. The quantitative estimate of drug-likeness (QED) is 0.542. The summed E-state index contributed by atoms with van der Waals surface area (Å²) >= 11 is 0. The van der Waals surface area contributed by atoms with Crippen LogP contribution in [-0.4, -0.2) is 18.9 Å². The van der Waals surface area contributed by atoms with Gasteiger partial charge in [-0.05, 0) is 85.0 Å². The van der Waals surface area contributed by atoms with E-state index in [0.29, 0.717) is 17.3 Å². The molecule has 1 aromatic rings. The van der Waals surface area contributed by atoms with E-state index in [-0.39, 0.29) is 67.9 Å². The fraction of sp³-hybridized carbons (Fsp3) is 0.696. The molecule has 1 amide bonds. The first-order valence-electron chi connectivity index (χ1n) is 10.8. The Bertz CT molecular complexity index is 953. The average molecular weight is 458 g/mol. The Labute approximate surface area is 223 Å². The summed E-state index contributed by atoms with van der Waals surface area (Å²) < 4.78 is 35.8. The van der Waals surface area contributed by atoms with Crippen LogP contribution in [0.2, 0.25) is 0 Å². The molecule has 2 fully saturated rings. The number of nitrogens with one attached hydrogen (secondary N) is 1. The maximum absolute atomic E-state index is 12.5. The summed E-state index contributed by atoms with van der Waals surface area (Å²) in [5.74, 6) is 1.44. The predicted octanol–water partition coefficient (Wildman–Crippen LogP) is 1.83. The van der Waals surface area contributed by atoms with Gasteiger partial charge in [-0.2, -0.15) is 0 Å². The van der Waals surface area contributed by atoms with Crippen LogP contribution in [0.1, 0.15) is 83.3 Å². The fourth-order valence-electron chi connectivity index (χ4n) is 6.21. The topological polar surface area (TPSA) is 86.3 Å². The molecule has 0 bridgehead atoms. The molecule has 5 nitrogen and oxygen atoms in total. The summed E-state index contributed by atoms with van der Waals surface area (Å²) in [5, 5.41) is 2.74. The molecule has 2 saturated carbocycles. The summed E-state index contributed by atoms with van der Waals surface area (Å²) in [7, 11) is -4.68. The van der Waals surface area contributed by atoms with E-state index in [0.717, 1.165) is 36.3 Å². The molecule has 0 aliphatic heterocycles. The van der Waals surface area contributed by atoms with E-state index in [1.807, 2.05) is 0 Å². The van der Waals surface area contributed by atoms with Crippen LogP contribution in [-0.2, 0) is 21.3 Å². The van der Waals surface area contributed by atoms with E-state index >= 15 is 0 Å². The molecule has 0 saturated heterocycles. The number of anilines is 1. The van der Waals surface area contributed by atoms with Gasteiger partial charge in [0.1, 0.15) is 10.1 Å². The molecule has 1 N–H and O–H groups in total. The van der Waals surface area contributed by atoms with Gasteiger partial charge in [0, 0.05) is 5.41 Å². The smallest absolute Gasteiger partial charge is 0.744 e. The van der Waals surface area contributed by atoms with E-state index < -0.39 is 15.5 Å². The molecule has 0 spiro atoms. The van der Waals surface area contributed by atoms with Crippen LogP contribution in [0.15, 0.2) is 17.0 Å². The second-order valence-corrected chi connectivity index (χ2v) is 12.1. The van der Waals surface area contributed by atoms with Crippen LogP contribution < -0.4 is 56.7 Å². The van der Waals surface area contributed by atoms with Gasteiger partial charge in [-0.1, -0.05) is 34.1 Å². The van der Waals surface area contributed by atoms with E-state index in [4.69, 9.17) is 0 Å². The Kier molecular flexibility index (Phi) is 7.08. The van der Waals surface area contributed by atoms with Crippen molar-refractivity contribution in [2.24, 2.45) is 22.7 Å². The van der Waals surface area contributed by atoms with Gasteiger partial charge < -0.3 is 9.87 Å². The normalized spacial score (nSPS) is 30.5. The third-order valence-electron chi connectivity index (χ3n) is 7.80. The molecule has 7 heteroatoms. The minimum Gasteiger partial charge on any atom is -0.744 e. The van der Waals surface area contributed by atoms with Gasteiger partial charge >= 0.3 is 51.4 Å². The number of benzene rings is 1. The predicted molar refractivity (Wildman–Crippen MR) is 112 cm³/mol. The average Bonchev–Trinajstić information content (AvgIpc) is 3.01. The van der Waals surface area contributed by atoms with Gasteiger partial charge in [-0.15, -0.1) is 0 Å². The van der Waals surface area contributed by atoms with Crippen LogP contribution in [0, 0.1) is 22.7 Å². The number of hydrogen-bond acceptors (Lipinski definition) is 4. The molecule has 3 aliphatic rings. The van der Waals surface area contributed by atoms with Gasteiger partial charge in [0.2, 0.25) is 5.91 Å². The first-order chi connectivity index (χ1) is 13.4. The van der Waals surface area contributed by atoms with Gasteiger partial charge in [0.15, 0.2) is 0 Å². The number of fused-ring (bicyclic) bond motifs is 5. The Morgan fingerprint density at radius 3 is 2.50 bits per heavy atom. The maximum Gasteiger partial charge on any atom is 1.00 e. The van der Waals surface area contributed by atoms with Crippen molar-refractivity contribution in [2.75, 3.05) is 5.32 Å². The first kappa shape index (κ1) is 24.9. The van der Waals surface area contributed by atoms with Crippen molar-refractivity contribution in [2.45, 2.75) is 83.5 Å². The SMILES string of the molecule is CC(C)(C)C(=O)Nc1cc2c(cc1S(=O)(=O)[O-])CCC1C2CC[C@]2(C)CCCC12.[K+]. The van der Waals surface area contributed by atoms with E-state index in [2.05, 4.69) is 12.2 Å². The Morgan fingerprint density at radius 1 is 1.17 bits per heavy atom. The monoisotopic (exact) mass is 457 g/mol. The summed E-state index contributed by atoms with van der Waals surface area (Å²) in [6.45, 7) is 7.75. The number of carbonyl (C=O) groups is 1. The molecular formula is C23H32KNO4S. The van der Waals surface area contributed by atoms with E-state index in [1.165, 1.54) is 31.7 Å². The van der Waals surface area contributed by atoms with Crippen molar-refractivity contribution in [1.29, 1.82) is 0 Å². The van der Waals surface area contributed by atoms with Crippen molar-refractivity contribution in [1.82, 2.24) is 0 Å². The second-order valence-electron chi connectivity index (χ2n) is 10.7. The number of aryl methyl sites for hydroxylation is 1. The summed E-state index contributed by atoms with van der Waals surface area (Å²) in [4.78, 5) is 12.3. The molecule has 1 aromatic carbocycles. The molecule has 3 aliphatic carbocycles. The molecule has 4 rings (SSSR count). The molecule has 3 unspecified atom stereocenters. The van der Waals surface area contributed by atoms with Crippen LogP contribution in [0.3, 0.4) is 0 Å². The van der Waals surface area contributed by atoms with Crippen LogP contribution in [0.25, 0.3) is 0 Å². The number of amides is 1. The van der Waals surface area contributed by atoms with Gasteiger partial charge in [0.25, 0.3) is 0 Å². The summed E-state index contributed by atoms with van der Waals surface area (Å²) in [6.07, 6.45) is 8.06. The van der Waals surface area contributed by atoms with Crippen LogP contribution in [0.4, 0.5) is 5.69 Å². The van der Waals surface area contributed by atoms with Crippen molar-refractivity contribution >= 4 is 21.7 Å². The molecule has 160 valence electrons. The van der Waals surface area contributed by atoms with Crippen molar-refractivity contribution in [3.05, 3.63) is 23.3 Å². The van der Waals surface area contributed by atoms with Crippen LogP contribution in [0.5, 0.6) is 0 Å². The Hall–Kier alpha value is 0.236. The Morgan fingerprint density at radius 2 is 1.87 bits per heavy atom. The summed E-state index contributed by atoms with van der Waals surface area (Å²) in [5.41, 5.74) is 2.03. The number of rotatable bonds is 2. The van der Waals surface area contributed by atoms with Gasteiger partial charge in [-0.3, -0.25) is 4.79 Å². The molecule has 0 aromatic heterocycles. The zero-order chi connectivity index (χ0) is 21.2. The first-order valence-corrected chi connectivity index (χ1v) is 12.3. The fourth-order valence-corrected chi connectivity index (χ4v) is 6.87.